The van der Waals surface area contributed by atoms with Gasteiger partial charge in [0.05, 0.1) is 13.4 Å². The molecule has 0 aromatic heterocycles. The van der Waals surface area contributed by atoms with Gasteiger partial charge in [0.25, 0.3) is 0 Å². The summed E-state index contributed by atoms with van der Waals surface area (Å²) >= 11 is 0. The van der Waals surface area contributed by atoms with Crippen LogP contribution < -0.4 is 0 Å². The first-order valence-electron chi connectivity index (χ1n) is 2.91. The molecule has 0 aromatic carbocycles. The van der Waals surface area contributed by atoms with Crippen molar-refractivity contribution in [1.29, 1.82) is 0 Å². The van der Waals surface area contributed by atoms with Crippen molar-refractivity contribution in [3.63, 3.8) is 0 Å². The van der Waals surface area contributed by atoms with E-state index < -0.39 is 0 Å². The molecule has 0 aromatic rings. The topological polar surface area (TPSA) is 26.3 Å². The molecule has 0 aliphatic carbocycles. The molecular weight excluding hydrogens is 116 g/mol. The van der Waals surface area contributed by atoms with Gasteiger partial charge in [0.15, 0.2) is 5.78 Å². The van der Waals surface area contributed by atoms with Crippen LogP contribution >= 0.6 is 0 Å². The molecule has 0 aliphatic rings. The fraction of sp³-hybridized carbons (Fsp3) is 0.571. The zero-order valence-corrected chi connectivity index (χ0v) is 6.05. The molecule has 0 saturated heterocycles. The van der Waals surface area contributed by atoms with Crippen LogP contribution in [0.15, 0.2) is 12.3 Å². The van der Waals surface area contributed by atoms with E-state index in [4.69, 9.17) is 0 Å². The van der Waals surface area contributed by atoms with E-state index in [1.807, 2.05) is 13.8 Å². The summed E-state index contributed by atoms with van der Waals surface area (Å²) in [5.74, 6) is 0.160. The van der Waals surface area contributed by atoms with Gasteiger partial charge in [-0.25, -0.2) is 0 Å². The van der Waals surface area contributed by atoms with E-state index >= 15 is 0 Å². The SMILES string of the molecule is CO/C=C/C(=O)C(C)C. The van der Waals surface area contributed by atoms with Gasteiger partial charge < -0.3 is 4.74 Å². The Morgan fingerprint density at radius 3 is 2.44 bits per heavy atom. The maximum atomic E-state index is 10.7. The lowest BCUT2D eigenvalue weighted by molar-refractivity contribution is -0.117. The van der Waals surface area contributed by atoms with Gasteiger partial charge in [0, 0.05) is 12.0 Å². The quantitative estimate of drug-likeness (QED) is 0.424. The molecule has 0 amide bonds. The predicted octanol–water partition coefficient (Wildman–Crippen LogP) is 1.37. The monoisotopic (exact) mass is 128 g/mol. The van der Waals surface area contributed by atoms with Crippen LogP contribution in [-0.4, -0.2) is 12.9 Å². The van der Waals surface area contributed by atoms with E-state index in [1.54, 1.807) is 0 Å². The summed E-state index contributed by atoms with van der Waals surface area (Å²) in [6.45, 7) is 3.70. The Morgan fingerprint density at radius 1 is 1.56 bits per heavy atom. The first kappa shape index (κ1) is 8.21. The molecule has 0 aliphatic heterocycles. The third-order valence-electron chi connectivity index (χ3n) is 0.937. The molecule has 0 heterocycles. The molecule has 9 heavy (non-hydrogen) atoms. The smallest absolute Gasteiger partial charge is 0.161 e. The van der Waals surface area contributed by atoms with Crippen LogP contribution in [0.1, 0.15) is 13.8 Å². The van der Waals surface area contributed by atoms with Gasteiger partial charge in [-0.05, 0) is 0 Å². The van der Waals surface area contributed by atoms with Crippen molar-refractivity contribution in [2.75, 3.05) is 7.11 Å². The summed E-state index contributed by atoms with van der Waals surface area (Å²) in [5.41, 5.74) is 0. The van der Waals surface area contributed by atoms with Crippen LogP contribution in [0.25, 0.3) is 0 Å². The average Bonchev–Trinajstić information content (AvgIpc) is 1.82. The summed E-state index contributed by atoms with van der Waals surface area (Å²) in [6.07, 6.45) is 2.83. The zero-order valence-electron chi connectivity index (χ0n) is 6.05. The molecule has 0 fully saturated rings. The molecule has 0 atom stereocenters. The van der Waals surface area contributed by atoms with Gasteiger partial charge in [-0.1, -0.05) is 13.8 Å². The fourth-order valence-electron chi connectivity index (χ4n) is 0.328. The van der Waals surface area contributed by atoms with Crippen LogP contribution in [0.5, 0.6) is 0 Å². The largest absolute Gasteiger partial charge is 0.504 e. The predicted molar refractivity (Wildman–Crippen MR) is 36.0 cm³/mol. The molecule has 0 bridgehead atoms. The fourth-order valence-corrected chi connectivity index (χ4v) is 0.328. The van der Waals surface area contributed by atoms with E-state index in [0.29, 0.717) is 0 Å². The van der Waals surface area contributed by atoms with Gasteiger partial charge in [0.1, 0.15) is 0 Å². The minimum Gasteiger partial charge on any atom is -0.504 e. The highest BCUT2D eigenvalue weighted by Gasteiger charge is 2.00. The Labute approximate surface area is 55.5 Å². The number of ether oxygens (including phenoxy) is 1. The minimum absolute atomic E-state index is 0.0661. The molecule has 0 rings (SSSR count). The maximum Gasteiger partial charge on any atom is 0.161 e. The highest BCUT2D eigenvalue weighted by Crippen LogP contribution is 1.94. The standard InChI is InChI=1S/C7H12O2/c1-6(2)7(8)4-5-9-3/h4-6H,1-3H3/b5-4+. The number of allylic oxidation sites excluding steroid dienone is 1. The Bertz CT molecular complexity index is 114. The third-order valence-corrected chi connectivity index (χ3v) is 0.937. The first-order valence-corrected chi connectivity index (χ1v) is 2.91. The first-order chi connectivity index (χ1) is 4.18. The summed E-state index contributed by atoms with van der Waals surface area (Å²) in [6, 6.07) is 0. The lowest BCUT2D eigenvalue weighted by atomic mass is 10.1. The number of rotatable bonds is 3. The average molecular weight is 128 g/mol. The number of hydrogen-bond donors (Lipinski definition) is 0. The molecule has 0 unspecified atom stereocenters. The molecule has 0 radical (unpaired) electrons. The Morgan fingerprint density at radius 2 is 2.11 bits per heavy atom. The van der Waals surface area contributed by atoms with Crippen LogP contribution in [0, 0.1) is 5.92 Å². The van der Waals surface area contributed by atoms with Gasteiger partial charge in [-0.2, -0.15) is 0 Å². The second kappa shape index (κ2) is 4.13. The van der Waals surface area contributed by atoms with Crippen LogP contribution in [0.2, 0.25) is 0 Å². The second-order valence-corrected chi connectivity index (χ2v) is 2.10. The molecular formula is C7H12O2. The lowest BCUT2D eigenvalue weighted by Gasteiger charge is -1.94. The van der Waals surface area contributed by atoms with Crippen molar-refractivity contribution in [3.8, 4) is 0 Å². The van der Waals surface area contributed by atoms with Crippen molar-refractivity contribution in [2.24, 2.45) is 5.92 Å². The molecule has 0 spiro atoms. The zero-order chi connectivity index (χ0) is 7.28. The van der Waals surface area contributed by atoms with Crippen LogP contribution in [-0.2, 0) is 9.53 Å². The van der Waals surface area contributed by atoms with Crippen molar-refractivity contribution in [3.05, 3.63) is 12.3 Å². The van der Waals surface area contributed by atoms with Crippen LogP contribution in [0.3, 0.4) is 0 Å². The van der Waals surface area contributed by atoms with Crippen LogP contribution in [0.4, 0.5) is 0 Å². The van der Waals surface area contributed by atoms with E-state index in [0.717, 1.165) is 0 Å². The van der Waals surface area contributed by atoms with Gasteiger partial charge >= 0.3 is 0 Å². The number of hydrogen-bond acceptors (Lipinski definition) is 2. The Hall–Kier alpha value is -0.790. The number of methoxy groups -OCH3 is 1. The summed E-state index contributed by atoms with van der Waals surface area (Å²) in [5, 5.41) is 0. The van der Waals surface area contributed by atoms with Crippen molar-refractivity contribution in [2.45, 2.75) is 13.8 Å². The summed E-state index contributed by atoms with van der Waals surface area (Å²) in [7, 11) is 1.52. The normalized spacial score (nSPS) is 10.7. The third kappa shape index (κ3) is 3.76. The Kier molecular flexibility index (Phi) is 3.76. The Balaban J connectivity index is 3.63. The molecule has 2 nitrogen and oxygen atoms in total. The van der Waals surface area contributed by atoms with Crippen molar-refractivity contribution < 1.29 is 9.53 Å². The number of carbonyl (C=O) groups is 1. The van der Waals surface area contributed by atoms with Gasteiger partial charge in [-0.15, -0.1) is 0 Å². The molecule has 0 N–H and O–H groups in total. The molecule has 2 heteroatoms. The maximum absolute atomic E-state index is 10.7. The summed E-state index contributed by atoms with van der Waals surface area (Å²) in [4.78, 5) is 10.7. The highest BCUT2D eigenvalue weighted by molar-refractivity contribution is 5.90. The number of ketones is 1. The van der Waals surface area contributed by atoms with Crippen molar-refractivity contribution in [1.82, 2.24) is 0 Å². The lowest BCUT2D eigenvalue weighted by Crippen LogP contribution is -2.01. The number of carbonyl (C=O) groups excluding carboxylic acids is 1. The van der Waals surface area contributed by atoms with E-state index in [-0.39, 0.29) is 11.7 Å². The molecule has 0 saturated carbocycles. The summed E-state index contributed by atoms with van der Waals surface area (Å²) < 4.78 is 4.56. The molecule has 52 valence electrons. The second-order valence-electron chi connectivity index (χ2n) is 2.10. The van der Waals surface area contributed by atoms with E-state index in [1.165, 1.54) is 19.4 Å². The minimum atomic E-state index is 0.0661. The van der Waals surface area contributed by atoms with Gasteiger partial charge in [0.2, 0.25) is 0 Å². The highest BCUT2D eigenvalue weighted by atomic mass is 16.5. The van der Waals surface area contributed by atoms with Gasteiger partial charge in [-0.3, -0.25) is 4.79 Å². The van der Waals surface area contributed by atoms with Crippen molar-refractivity contribution >= 4 is 5.78 Å². The van der Waals surface area contributed by atoms with E-state index in [2.05, 4.69) is 4.74 Å². The van der Waals surface area contributed by atoms with E-state index in [9.17, 15) is 4.79 Å².